The second-order valence-electron chi connectivity index (χ2n) is 14.9. The van der Waals surface area contributed by atoms with Crippen molar-refractivity contribution < 1.29 is 42.9 Å². The van der Waals surface area contributed by atoms with Gasteiger partial charge in [0.1, 0.15) is 13.2 Å². The van der Waals surface area contributed by atoms with E-state index in [1.165, 1.54) is 51.4 Å². The van der Waals surface area contributed by atoms with Gasteiger partial charge in [0.2, 0.25) is 0 Å². The lowest BCUT2D eigenvalue weighted by Gasteiger charge is -2.25. The van der Waals surface area contributed by atoms with Gasteiger partial charge in [-0.3, -0.25) is 9.59 Å². The van der Waals surface area contributed by atoms with Crippen LogP contribution < -0.4 is 0 Å². The van der Waals surface area contributed by atoms with E-state index in [0.29, 0.717) is 23.9 Å². The van der Waals surface area contributed by atoms with Crippen molar-refractivity contribution in [1.29, 1.82) is 0 Å². The average molecular weight is 749 g/mol. The molecular weight excluding hydrogens is 670 g/mol. The second-order valence-corrected chi connectivity index (χ2v) is 14.9. The molecule has 0 bridgehead atoms. The number of quaternary nitrogens is 1. The molecule has 0 aromatic rings. The van der Waals surface area contributed by atoms with Crippen molar-refractivity contribution in [3.05, 3.63) is 48.6 Å². The van der Waals surface area contributed by atoms with Gasteiger partial charge in [-0.15, -0.1) is 0 Å². The van der Waals surface area contributed by atoms with E-state index in [0.717, 1.165) is 70.6 Å². The minimum Gasteiger partial charge on any atom is -0.477 e. The fourth-order valence-corrected chi connectivity index (χ4v) is 5.35. The first-order valence-corrected chi connectivity index (χ1v) is 20.8. The zero-order chi connectivity index (χ0) is 39.3. The normalized spacial score (nSPS) is 13.5. The van der Waals surface area contributed by atoms with E-state index < -0.39 is 24.3 Å². The number of esters is 2. The number of unbranched alkanes of at least 4 members (excludes halogenated alkanes) is 14. The molecule has 9 heteroatoms. The molecule has 306 valence electrons. The highest BCUT2D eigenvalue weighted by molar-refractivity contribution is 5.71. The summed E-state index contributed by atoms with van der Waals surface area (Å²) in [6.45, 7) is 4.68. The van der Waals surface area contributed by atoms with Crippen LogP contribution in [0.3, 0.4) is 0 Å². The summed E-state index contributed by atoms with van der Waals surface area (Å²) < 4.78 is 22.6. The van der Waals surface area contributed by atoms with E-state index in [2.05, 4.69) is 62.5 Å². The molecule has 2 unspecified atom stereocenters. The number of allylic oxidation sites excluding steroid dienone is 8. The van der Waals surface area contributed by atoms with E-state index in [1.807, 2.05) is 21.1 Å². The van der Waals surface area contributed by atoms with Crippen molar-refractivity contribution in [2.45, 2.75) is 167 Å². The zero-order valence-electron chi connectivity index (χ0n) is 34.4. The van der Waals surface area contributed by atoms with Crippen molar-refractivity contribution in [1.82, 2.24) is 0 Å². The maximum atomic E-state index is 12.7. The Bertz CT molecular complexity index is 1010. The summed E-state index contributed by atoms with van der Waals surface area (Å²) in [6, 6.07) is 0. The fourth-order valence-electron chi connectivity index (χ4n) is 5.35. The molecular formula is C44H78NO8+. The number of likely N-dealkylation sites (N-methyl/N-ethyl adjacent to an activating group) is 1. The van der Waals surface area contributed by atoms with Gasteiger partial charge in [0.25, 0.3) is 6.29 Å². The molecule has 0 aromatic carbocycles. The Labute approximate surface area is 323 Å². The molecule has 0 aliphatic rings. The number of aliphatic carboxylic acids is 1. The van der Waals surface area contributed by atoms with Crippen LogP contribution in [-0.2, 0) is 33.3 Å². The highest BCUT2D eigenvalue weighted by Crippen LogP contribution is 2.13. The zero-order valence-corrected chi connectivity index (χ0v) is 34.4. The van der Waals surface area contributed by atoms with E-state index in [4.69, 9.17) is 18.9 Å². The molecule has 0 saturated carbocycles. The SMILES string of the molecule is CC/C=C\C/C=C\C/C=C\C/C=C\CCCCCCCCCCC(=O)OC(COC(=O)CCCCCCCCC)COC(OCC[N+](C)(C)C)C(=O)O. The van der Waals surface area contributed by atoms with Crippen molar-refractivity contribution in [2.75, 3.05) is 47.5 Å². The van der Waals surface area contributed by atoms with Gasteiger partial charge in [0.05, 0.1) is 34.4 Å². The van der Waals surface area contributed by atoms with Crippen LogP contribution in [0.4, 0.5) is 0 Å². The molecule has 0 spiro atoms. The maximum absolute atomic E-state index is 12.7. The first kappa shape index (κ1) is 50.2. The fraction of sp³-hybridized carbons (Fsp3) is 0.750. The number of nitrogens with zero attached hydrogens (tertiary/aromatic N) is 1. The summed E-state index contributed by atoms with van der Waals surface area (Å²) in [6.07, 6.45) is 37.6. The summed E-state index contributed by atoms with van der Waals surface area (Å²) in [4.78, 5) is 36.8. The predicted octanol–water partition coefficient (Wildman–Crippen LogP) is 10.4. The topological polar surface area (TPSA) is 108 Å². The van der Waals surface area contributed by atoms with E-state index in [9.17, 15) is 19.5 Å². The van der Waals surface area contributed by atoms with Crippen molar-refractivity contribution in [3.63, 3.8) is 0 Å². The molecule has 0 aliphatic carbocycles. The van der Waals surface area contributed by atoms with Gasteiger partial charge in [0.15, 0.2) is 6.10 Å². The van der Waals surface area contributed by atoms with Crippen LogP contribution in [0.2, 0.25) is 0 Å². The summed E-state index contributed by atoms with van der Waals surface area (Å²) >= 11 is 0. The third-order valence-corrected chi connectivity index (χ3v) is 8.60. The molecule has 0 fully saturated rings. The first-order chi connectivity index (χ1) is 25.6. The van der Waals surface area contributed by atoms with Crippen LogP contribution in [0.5, 0.6) is 0 Å². The lowest BCUT2D eigenvalue weighted by molar-refractivity contribution is -0.870. The minimum absolute atomic E-state index is 0.185. The summed E-state index contributed by atoms with van der Waals surface area (Å²) in [5.41, 5.74) is 0. The maximum Gasteiger partial charge on any atom is 0.361 e. The second kappa shape index (κ2) is 36.2. The van der Waals surface area contributed by atoms with Gasteiger partial charge in [-0.1, -0.05) is 140 Å². The monoisotopic (exact) mass is 749 g/mol. The first-order valence-electron chi connectivity index (χ1n) is 20.8. The number of rotatable bonds is 37. The number of hydrogen-bond acceptors (Lipinski definition) is 7. The third-order valence-electron chi connectivity index (χ3n) is 8.60. The lowest BCUT2D eigenvalue weighted by Crippen LogP contribution is -2.40. The van der Waals surface area contributed by atoms with E-state index >= 15 is 0 Å². The van der Waals surface area contributed by atoms with Gasteiger partial charge in [-0.05, 0) is 51.4 Å². The number of hydrogen-bond donors (Lipinski definition) is 1. The number of carboxylic acid groups (broad SMARTS) is 1. The summed E-state index contributed by atoms with van der Waals surface area (Å²) in [5.74, 6) is -2.03. The van der Waals surface area contributed by atoms with Crippen molar-refractivity contribution in [3.8, 4) is 0 Å². The van der Waals surface area contributed by atoms with Crippen LogP contribution in [0.1, 0.15) is 155 Å². The molecule has 0 saturated heterocycles. The minimum atomic E-state index is -1.51. The van der Waals surface area contributed by atoms with Crippen molar-refractivity contribution in [2.24, 2.45) is 0 Å². The van der Waals surface area contributed by atoms with Gasteiger partial charge in [0, 0.05) is 12.8 Å². The Morgan fingerprint density at radius 3 is 1.60 bits per heavy atom. The molecule has 53 heavy (non-hydrogen) atoms. The molecule has 0 radical (unpaired) electrons. The lowest BCUT2D eigenvalue weighted by atomic mass is 10.1. The van der Waals surface area contributed by atoms with Crippen LogP contribution in [-0.4, -0.2) is 87.4 Å². The Kier molecular flexibility index (Phi) is 34.4. The quantitative estimate of drug-likeness (QED) is 0.0220. The van der Waals surface area contributed by atoms with E-state index in [-0.39, 0.29) is 32.2 Å². The number of carboxylic acids is 1. The Morgan fingerprint density at radius 1 is 0.585 bits per heavy atom. The number of carbonyl (C=O) groups excluding carboxylic acids is 2. The third kappa shape index (κ3) is 37.4. The smallest absolute Gasteiger partial charge is 0.361 e. The molecule has 0 amide bonds. The van der Waals surface area contributed by atoms with Crippen molar-refractivity contribution >= 4 is 17.9 Å². The standard InChI is InChI=1S/C44H77NO8/c1-6-8-10-12-14-15-16-17-18-19-20-21-22-23-24-25-26-27-29-31-33-35-42(47)53-40(38-51-41(46)34-32-30-28-13-11-9-7-2)39-52-44(43(48)49)50-37-36-45(3,4)5/h8,10,14-15,17-18,20-21,40,44H,6-7,9,11-13,16,19,22-39H2,1-5H3/p+1/b10-8-,15-14-,18-17-,21-20-. The molecule has 1 N–H and O–H groups in total. The molecule has 2 atom stereocenters. The molecule has 0 heterocycles. The molecule has 0 aromatic heterocycles. The molecule has 9 nitrogen and oxygen atoms in total. The van der Waals surface area contributed by atoms with E-state index in [1.54, 1.807) is 0 Å². The molecule has 0 aliphatic heterocycles. The summed E-state index contributed by atoms with van der Waals surface area (Å²) in [7, 11) is 5.94. The predicted molar refractivity (Wildman–Crippen MR) is 217 cm³/mol. The Morgan fingerprint density at radius 2 is 1.08 bits per heavy atom. The number of ether oxygens (including phenoxy) is 4. The van der Waals surface area contributed by atoms with Crippen LogP contribution in [0, 0.1) is 0 Å². The number of carbonyl (C=O) groups is 3. The largest absolute Gasteiger partial charge is 0.477 e. The Hall–Kier alpha value is -2.75. The van der Waals surface area contributed by atoms with Gasteiger partial charge >= 0.3 is 17.9 Å². The Balaban J connectivity index is 4.36. The van der Waals surface area contributed by atoms with Gasteiger partial charge < -0.3 is 28.5 Å². The van der Waals surface area contributed by atoms with Gasteiger partial charge in [-0.2, -0.15) is 0 Å². The van der Waals surface area contributed by atoms with Gasteiger partial charge in [-0.25, -0.2) is 4.79 Å². The average Bonchev–Trinajstić information content (AvgIpc) is 3.11. The highest BCUT2D eigenvalue weighted by Gasteiger charge is 2.25. The highest BCUT2D eigenvalue weighted by atomic mass is 16.7. The summed E-state index contributed by atoms with van der Waals surface area (Å²) in [5, 5.41) is 9.58. The van der Waals surface area contributed by atoms with Crippen LogP contribution in [0.25, 0.3) is 0 Å². The molecule has 0 rings (SSSR count). The van der Waals surface area contributed by atoms with Crippen LogP contribution in [0.15, 0.2) is 48.6 Å². The van der Waals surface area contributed by atoms with Crippen LogP contribution >= 0.6 is 0 Å².